The van der Waals surface area contributed by atoms with Crippen LogP contribution in [0.4, 0.5) is 0 Å². The molecule has 2 aromatic rings. The molecule has 130 valence electrons. The number of hydrogen-bond acceptors (Lipinski definition) is 4. The summed E-state index contributed by atoms with van der Waals surface area (Å²) in [5.74, 6) is -0.428. The van der Waals surface area contributed by atoms with E-state index in [1.165, 1.54) is 19.3 Å². The lowest BCUT2D eigenvalue weighted by Gasteiger charge is -2.31. The van der Waals surface area contributed by atoms with Crippen molar-refractivity contribution in [2.45, 2.75) is 51.6 Å². The summed E-state index contributed by atoms with van der Waals surface area (Å²) in [5, 5.41) is 0. The van der Waals surface area contributed by atoms with Crippen LogP contribution in [0.25, 0.3) is 11.1 Å². The first-order valence-corrected chi connectivity index (χ1v) is 8.61. The third-order valence-electron chi connectivity index (χ3n) is 4.82. The highest BCUT2D eigenvalue weighted by atomic mass is 16.5. The first-order valence-electron chi connectivity index (χ1n) is 8.61. The Morgan fingerprint density at radius 1 is 1.33 bits per heavy atom. The summed E-state index contributed by atoms with van der Waals surface area (Å²) in [5.41, 5.74) is 1.69. The Hall–Kier alpha value is -2.24. The predicted octanol–water partition coefficient (Wildman–Crippen LogP) is 3.20. The minimum Gasteiger partial charge on any atom is -0.463 e. The molecule has 0 N–H and O–H groups in total. The number of rotatable bonds is 5. The van der Waals surface area contributed by atoms with Gasteiger partial charge >= 0.3 is 5.97 Å². The zero-order valence-corrected chi connectivity index (χ0v) is 14.3. The molecule has 0 spiro atoms. The van der Waals surface area contributed by atoms with Crippen molar-refractivity contribution in [2.24, 2.45) is 0 Å². The Kier molecular flexibility index (Phi) is 4.92. The molecule has 2 heterocycles. The highest BCUT2D eigenvalue weighted by molar-refractivity contribution is 5.95. The molecule has 1 amide bonds. The van der Waals surface area contributed by atoms with Crippen LogP contribution in [0.3, 0.4) is 0 Å². The Morgan fingerprint density at radius 2 is 2.08 bits per heavy atom. The summed E-state index contributed by atoms with van der Waals surface area (Å²) in [6, 6.07) is 3.71. The molecular weight excluding hydrogens is 308 g/mol. The Labute approximate surface area is 141 Å². The molecule has 1 aliphatic rings. The Morgan fingerprint density at radius 3 is 2.79 bits per heavy atom. The molecule has 24 heavy (non-hydrogen) atoms. The van der Waals surface area contributed by atoms with E-state index in [1.54, 1.807) is 29.9 Å². The molecule has 0 radical (unpaired) electrons. The lowest BCUT2D eigenvalue weighted by Crippen LogP contribution is -2.40. The molecule has 6 nitrogen and oxygen atoms in total. The smallest absolute Gasteiger partial charge is 0.355 e. The van der Waals surface area contributed by atoms with Gasteiger partial charge in [0, 0.05) is 25.2 Å². The summed E-state index contributed by atoms with van der Waals surface area (Å²) in [6.07, 6.45) is 7.27. The highest BCUT2D eigenvalue weighted by Crippen LogP contribution is 2.24. The number of carbonyl (C=O) groups excluding carboxylic acids is 2. The van der Waals surface area contributed by atoms with E-state index in [9.17, 15) is 9.59 Å². The van der Waals surface area contributed by atoms with E-state index in [0.29, 0.717) is 23.9 Å². The van der Waals surface area contributed by atoms with Crippen molar-refractivity contribution in [1.82, 2.24) is 9.47 Å². The van der Waals surface area contributed by atoms with Gasteiger partial charge in [0.1, 0.15) is 12.2 Å². The minimum atomic E-state index is -0.433. The number of fused-ring (bicyclic) bond motifs is 1. The molecular formula is C18H24N2O4. The molecule has 0 aromatic carbocycles. The summed E-state index contributed by atoms with van der Waals surface area (Å²) in [6.45, 7) is 2.17. The van der Waals surface area contributed by atoms with Crippen LogP contribution in [0.1, 0.15) is 49.5 Å². The number of likely N-dealkylation sites (N-methyl/N-ethyl adjacent to an activating group) is 1. The maximum Gasteiger partial charge on any atom is 0.355 e. The van der Waals surface area contributed by atoms with Crippen LogP contribution in [-0.2, 0) is 16.1 Å². The van der Waals surface area contributed by atoms with Gasteiger partial charge in [-0.3, -0.25) is 4.79 Å². The summed E-state index contributed by atoms with van der Waals surface area (Å²) < 4.78 is 12.2. The molecule has 0 saturated heterocycles. The van der Waals surface area contributed by atoms with Gasteiger partial charge in [-0.05, 0) is 19.8 Å². The second kappa shape index (κ2) is 7.11. The predicted molar refractivity (Wildman–Crippen MR) is 89.8 cm³/mol. The van der Waals surface area contributed by atoms with Gasteiger partial charge in [-0.2, -0.15) is 0 Å². The maximum absolute atomic E-state index is 12.7. The third kappa shape index (κ3) is 3.18. The van der Waals surface area contributed by atoms with E-state index in [-0.39, 0.29) is 12.5 Å². The molecule has 3 rings (SSSR count). The van der Waals surface area contributed by atoms with Crippen LogP contribution in [0, 0.1) is 0 Å². The number of amides is 1. The molecule has 1 aliphatic carbocycles. The number of esters is 1. The number of furan rings is 1. The number of carbonyl (C=O) groups is 2. The van der Waals surface area contributed by atoms with Gasteiger partial charge in [-0.25, -0.2) is 4.79 Å². The second-order valence-corrected chi connectivity index (χ2v) is 6.30. The van der Waals surface area contributed by atoms with Crippen LogP contribution in [0.15, 0.2) is 22.8 Å². The summed E-state index contributed by atoms with van der Waals surface area (Å²) in [4.78, 5) is 26.7. The normalized spacial score (nSPS) is 15.6. The van der Waals surface area contributed by atoms with E-state index in [0.717, 1.165) is 18.4 Å². The molecule has 0 atom stereocenters. The van der Waals surface area contributed by atoms with E-state index < -0.39 is 5.97 Å². The van der Waals surface area contributed by atoms with Crippen LogP contribution in [0.2, 0.25) is 0 Å². The van der Waals surface area contributed by atoms with Gasteiger partial charge in [-0.1, -0.05) is 19.3 Å². The van der Waals surface area contributed by atoms with Crippen LogP contribution < -0.4 is 0 Å². The lowest BCUT2D eigenvalue weighted by atomic mass is 9.94. The van der Waals surface area contributed by atoms with Crippen molar-refractivity contribution >= 4 is 23.0 Å². The average Bonchev–Trinajstić information content (AvgIpc) is 3.18. The first kappa shape index (κ1) is 16.6. The molecule has 1 saturated carbocycles. The number of nitrogens with zero attached hydrogens (tertiary/aromatic N) is 2. The maximum atomic E-state index is 12.7. The number of ether oxygens (including phenoxy) is 1. The van der Waals surface area contributed by atoms with Gasteiger partial charge in [-0.15, -0.1) is 0 Å². The van der Waals surface area contributed by atoms with Crippen molar-refractivity contribution < 1.29 is 18.7 Å². The van der Waals surface area contributed by atoms with Crippen molar-refractivity contribution in [2.75, 3.05) is 13.7 Å². The molecule has 0 aliphatic heterocycles. The van der Waals surface area contributed by atoms with Crippen LogP contribution >= 0.6 is 0 Å². The molecule has 2 aromatic heterocycles. The Bertz CT molecular complexity index is 725. The topological polar surface area (TPSA) is 64.7 Å². The Balaban J connectivity index is 1.82. The minimum absolute atomic E-state index is 0.00569. The SMILES string of the molecule is CCOC(=O)c1cc2occc2n1CC(=O)N(C)C1CCCCC1. The van der Waals surface area contributed by atoms with Crippen LogP contribution in [0.5, 0.6) is 0 Å². The lowest BCUT2D eigenvalue weighted by molar-refractivity contribution is -0.133. The standard InChI is InChI=1S/C18H24N2O4/c1-3-23-18(22)15-11-16-14(9-10-24-16)20(15)12-17(21)19(2)13-7-5-4-6-8-13/h9-11,13H,3-8,12H2,1-2H3. The molecule has 1 fully saturated rings. The van der Waals surface area contributed by atoms with Crippen molar-refractivity contribution in [1.29, 1.82) is 0 Å². The monoisotopic (exact) mass is 332 g/mol. The fraction of sp³-hybridized carbons (Fsp3) is 0.556. The van der Waals surface area contributed by atoms with E-state index >= 15 is 0 Å². The average molecular weight is 332 g/mol. The van der Waals surface area contributed by atoms with Gasteiger partial charge in [0.2, 0.25) is 5.91 Å². The second-order valence-electron chi connectivity index (χ2n) is 6.30. The quantitative estimate of drug-likeness (QED) is 0.789. The molecule has 6 heteroatoms. The van der Waals surface area contributed by atoms with Gasteiger partial charge < -0.3 is 18.6 Å². The summed E-state index contributed by atoms with van der Waals surface area (Å²) in [7, 11) is 1.86. The molecule has 0 unspecified atom stereocenters. The largest absolute Gasteiger partial charge is 0.463 e. The van der Waals surface area contributed by atoms with Gasteiger partial charge in [0.05, 0.1) is 18.4 Å². The fourth-order valence-corrected chi connectivity index (χ4v) is 3.44. The van der Waals surface area contributed by atoms with Gasteiger partial charge in [0.15, 0.2) is 5.58 Å². The first-order chi connectivity index (χ1) is 11.6. The van der Waals surface area contributed by atoms with Crippen molar-refractivity contribution in [3.8, 4) is 0 Å². The number of hydrogen-bond donors (Lipinski definition) is 0. The summed E-state index contributed by atoms with van der Waals surface area (Å²) >= 11 is 0. The third-order valence-corrected chi connectivity index (χ3v) is 4.82. The van der Waals surface area contributed by atoms with Gasteiger partial charge in [0.25, 0.3) is 0 Å². The fourth-order valence-electron chi connectivity index (χ4n) is 3.44. The number of aromatic nitrogens is 1. The van der Waals surface area contributed by atoms with Crippen LogP contribution in [-0.4, -0.2) is 41.0 Å². The van der Waals surface area contributed by atoms with Crippen molar-refractivity contribution in [3.05, 3.63) is 24.1 Å². The van der Waals surface area contributed by atoms with E-state index in [1.807, 2.05) is 11.9 Å². The zero-order valence-electron chi connectivity index (χ0n) is 14.3. The highest BCUT2D eigenvalue weighted by Gasteiger charge is 2.25. The van der Waals surface area contributed by atoms with E-state index in [2.05, 4.69) is 0 Å². The zero-order chi connectivity index (χ0) is 17.1. The molecule has 0 bridgehead atoms. The van der Waals surface area contributed by atoms with Crippen molar-refractivity contribution in [3.63, 3.8) is 0 Å². The van der Waals surface area contributed by atoms with E-state index in [4.69, 9.17) is 9.15 Å².